The van der Waals surface area contributed by atoms with Crippen LogP contribution in [0.5, 0.6) is 0 Å². The standard InChI is InChI=1S/C25H21N3O2/c1-16-8-7-13-23(17(16)2)27-24(29)25(30)28-26-15-22-20-11-5-3-9-18(20)14-19-10-4-6-12-21(19)22/h3-15H,1-2H3,(H,27,29)(H,28,30)/b26-15-. The highest BCUT2D eigenvalue weighted by molar-refractivity contribution is 6.39. The highest BCUT2D eigenvalue weighted by Crippen LogP contribution is 2.27. The maximum atomic E-state index is 12.2. The molecule has 4 aromatic carbocycles. The van der Waals surface area contributed by atoms with Gasteiger partial charge in [-0.05, 0) is 58.7 Å². The van der Waals surface area contributed by atoms with Crippen LogP contribution in [0.25, 0.3) is 21.5 Å². The first-order chi connectivity index (χ1) is 14.5. The van der Waals surface area contributed by atoms with Gasteiger partial charge in [-0.2, -0.15) is 5.10 Å². The van der Waals surface area contributed by atoms with Crippen LogP contribution >= 0.6 is 0 Å². The first-order valence-corrected chi connectivity index (χ1v) is 9.65. The number of nitrogens with zero attached hydrogens (tertiary/aromatic N) is 1. The van der Waals surface area contributed by atoms with Crippen LogP contribution in [0.4, 0.5) is 5.69 Å². The number of carbonyl (C=O) groups excluding carboxylic acids is 2. The summed E-state index contributed by atoms with van der Waals surface area (Å²) < 4.78 is 0. The third kappa shape index (κ3) is 3.78. The minimum Gasteiger partial charge on any atom is -0.317 e. The molecule has 0 saturated carbocycles. The number of fused-ring (bicyclic) bond motifs is 2. The Morgan fingerprint density at radius 3 is 2.10 bits per heavy atom. The zero-order chi connectivity index (χ0) is 21.1. The third-order valence-corrected chi connectivity index (χ3v) is 5.23. The number of rotatable bonds is 3. The summed E-state index contributed by atoms with van der Waals surface area (Å²) in [6.07, 6.45) is 1.59. The van der Waals surface area contributed by atoms with Crippen LogP contribution in [-0.2, 0) is 9.59 Å². The van der Waals surface area contributed by atoms with Crippen molar-refractivity contribution in [3.8, 4) is 0 Å². The Labute approximate surface area is 174 Å². The predicted octanol–water partition coefficient (Wildman–Crippen LogP) is 4.70. The van der Waals surface area contributed by atoms with E-state index < -0.39 is 11.8 Å². The average molecular weight is 395 g/mol. The van der Waals surface area contributed by atoms with Crippen molar-refractivity contribution in [2.75, 3.05) is 5.32 Å². The molecule has 0 fully saturated rings. The molecular weight excluding hydrogens is 374 g/mol. The molecule has 0 aromatic heterocycles. The van der Waals surface area contributed by atoms with Gasteiger partial charge in [0.25, 0.3) is 0 Å². The van der Waals surface area contributed by atoms with Crippen molar-refractivity contribution in [1.82, 2.24) is 5.43 Å². The molecule has 0 heterocycles. The van der Waals surface area contributed by atoms with Crippen molar-refractivity contribution in [3.05, 3.63) is 89.5 Å². The lowest BCUT2D eigenvalue weighted by Crippen LogP contribution is -2.32. The number of hydrazone groups is 1. The fourth-order valence-corrected chi connectivity index (χ4v) is 3.46. The monoisotopic (exact) mass is 395 g/mol. The maximum Gasteiger partial charge on any atom is 0.329 e. The van der Waals surface area contributed by atoms with Gasteiger partial charge in [0.05, 0.1) is 6.21 Å². The van der Waals surface area contributed by atoms with Crippen LogP contribution in [-0.4, -0.2) is 18.0 Å². The summed E-state index contributed by atoms with van der Waals surface area (Å²) >= 11 is 0. The SMILES string of the molecule is Cc1cccc(NC(=O)C(=O)N/N=C\c2c3ccccc3cc3ccccc23)c1C. The Balaban J connectivity index is 1.56. The van der Waals surface area contributed by atoms with Crippen LogP contribution in [0.3, 0.4) is 0 Å². The Morgan fingerprint density at radius 2 is 1.43 bits per heavy atom. The number of hydrogen-bond donors (Lipinski definition) is 2. The molecule has 0 unspecified atom stereocenters. The molecule has 2 amide bonds. The van der Waals surface area contributed by atoms with Crippen molar-refractivity contribution in [2.45, 2.75) is 13.8 Å². The second-order valence-electron chi connectivity index (χ2n) is 7.13. The van der Waals surface area contributed by atoms with Crippen LogP contribution in [0.1, 0.15) is 16.7 Å². The molecule has 0 aliphatic carbocycles. The Bertz CT molecular complexity index is 1250. The quantitative estimate of drug-likeness (QED) is 0.228. The maximum absolute atomic E-state index is 12.2. The lowest BCUT2D eigenvalue weighted by Gasteiger charge is -2.09. The molecule has 0 atom stereocenters. The fourth-order valence-electron chi connectivity index (χ4n) is 3.46. The van der Waals surface area contributed by atoms with Crippen molar-refractivity contribution >= 4 is 45.3 Å². The largest absolute Gasteiger partial charge is 0.329 e. The molecule has 0 aliphatic heterocycles. The second kappa shape index (κ2) is 8.17. The minimum absolute atomic E-state index is 0.610. The smallest absolute Gasteiger partial charge is 0.317 e. The highest BCUT2D eigenvalue weighted by atomic mass is 16.2. The van der Waals surface area contributed by atoms with Gasteiger partial charge in [-0.3, -0.25) is 9.59 Å². The summed E-state index contributed by atoms with van der Waals surface area (Å²) in [5.74, 6) is -1.58. The number of aryl methyl sites for hydroxylation is 1. The summed E-state index contributed by atoms with van der Waals surface area (Å²) in [6, 6.07) is 23.7. The van der Waals surface area contributed by atoms with E-state index in [4.69, 9.17) is 0 Å². The summed E-state index contributed by atoms with van der Waals surface area (Å²) in [4.78, 5) is 24.5. The lowest BCUT2D eigenvalue weighted by molar-refractivity contribution is -0.136. The van der Waals surface area contributed by atoms with E-state index in [9.17, 15) is 9.59 Å². The van der Waals surface area contributed by atoms with Crippen LogP contribution < -0.4 is 10.7 Å². The molecule has 0 aliphatic rings. The number of anilines is 1. The summed E-state index contributed by atoms with van der Waals surface area (Å²) in [6.45, 7) is 3.84. The zero-order valence-corrected chi connectivity index (χ0v) is 16.8. The zero-order valence-electron chi connectivity index (χ0n) is 16.8. The third-order valence-electron chi connectivity index (χ3n) is 5.23. The molecular formula is C25H21N3O2. The van der Waals surface area contributed by atoms with Gasteiger partial charge < -0.3 is 5.32 Å². The molecule has 2 N–H and O–H groups in total. The van der Waals surface area contributed by atoms with Gasteiger partial charge in [0, 0.05) is 11.3 Å². The Hall–Kier alpha value is -3.99. The van der Waals surface area contributed by atoms with Gasteiger partial charge in [-0.25, -0.2) is 5.43 Å². The Kier molecular flexibility index (Phi) is 5.26. The number of amides is 2. The molecule has 4 aromatic rings. The van der Waals surface area contributed by atoms with E-state index in [1.807, 2.05) is 74.5 Å². The van der Waals surface area contributed by atoms with Crippen LogP contribution in [0, 0.1) is 13.8 Å². The van der Waals surface area contributed by atoms with E-state index in [0.29, 0.717) is 5.69 Å². The van der Waals surface area contributed by atoms with E-state index >= 15 is 0 Å². The topological polar surface area (TPSA) is 70.6 Å². The lowest BCUT2D eigenvalue weighted by atomic mass is 9.97. The summed E-state index contributed by atoms with van der Waals surface area (Å²) in [7, 11) is 0. The van der Waals surface area contributed by atoms with E-state index in [-0.39, 0.29) is 0 Å². The first kappa shape index (κ1) is 19.3. The van der Waals surface area contributed by atoms with Gasteiger partial charge in [0.2, 0.25) is 0 Å². The number of nitrogens with one attached hydrogen (secondary N) is 2. The van der Waals surface area contributed by atoms with Gasteiger partial charge in [-0.15, -0.1) is 0 Å². The molecule has 30 heavy (non-hydrogen) atoms. The van der Waals surface area contributed by atoms with Crippen molar-refractivity contribution in [2.24, 2.45) is 5.10 Å². The van der Waals surface area contributed by atoms with Crippen molar-refractivity contribution in [3.63, 3.8) is 0 Å². The number of hydrogen-bond acceptors (Lipinski definition) is 3. The molecule has 0 spiro atoms. The first-order valence-electron chi connectivity index (χ1n) is 9.65. The van der Waals surface area contributed by atoms with E-state index in [2.05, 4.69) is 21.9 Å². The molecule has 5 nitrogen and oxygen atoms in total. The molecule has 0 saturated heterocycles. The van der Waals surface area contributed by atoms with Gasteiger partial charge in [-0.1, -0.05) is 60.7 Å². The molecule has 0 bridgehead atoms. The summed E-state index contributed by atoms with van der Waals surface area (Å²) in [5, 5.41) is 10.9. The summed E-state index contributed by atoms with van der Waals surface area (Å²) in [5.41, 5.74) is 5.79. The minimum atomic E-state index is -0.823. The fraction of sp³-hybridized carbons (Fsp3) is 0.0800. The highest BCUT2D eigenvalue weighted by Gasteiger charge is 2.14. The molecule has 0 radical (unpaired) electrons. The number of carbonyl (C=O) groups is 2. The molecule has 4 rings (SSSR count). The van der Waals surface area contributed by atoms with Crippen molar-refractivity contribution in [1.29, 1.82) is 0 Å². The number of benzene rings is 4. The second-order valence-corrected chi connectivity index (χ2v) is 7.13. The molecule has 5 heteroatoms. The average Bonchev–Trinajstić information content (AvgIpc) is 2.76. The van der Waals surface area contributed by atoms with Gasteiger partial charge in [0.15, 0.2) is 0 Å². The predicted molar refractivity (Wildman–Crippen MR) is 122 cm³/mol. The van der Waals surface area contributed by atoms with Crippen LogP contribution in [0.2, 0.25) is 0 Å². The Morgan fingerprint density at radius 1 is 0.800 bits per heavy atom. The van der Waals surface area contributed by atoms with E-state index in [1.165, 1.54) is 0 Å². The molecule has 148 valence electrons. The normalized spacial score (nSPS) is 11.1. The van der Waals surface area contributed by atoms with Gasteiger partial charge in [0.1, 0.15) is 0 Å². The van der Waals surface area contributed by atoms with Crippen LogP contribution in [0.15, 0.2) is 77.9 Å². The van der Waals surface area contributed by atoms with E-state index in [1.54, 1.807) is 12.3 Å². The van der Waals surface area contributed by atoms with Gasteiger partial charge >= 0.3 is 11.8 Å². The van der Waals surface area contributed by atoms with Crippen molar-refractivity contribution < 1.29 is 9.59 Å². The van der Waals surface area contributed by atoms with E-state index in [0.717, 1.165) is 38.2 Å².